The molecule has 2 heterocycles. The number of hydrogen-bond donors (Lipinski definition) is 7. The second-order valence-electron chi connectivity index (χ2n) is 7.72. The zero-order valence-corrected chi connectivity index (χ0v) is 17.6. The molecule has 0 spiro atoms. The predicted octanol–water partition coefficient (Wildman–Crippen LogP) is -3.49. The summed E-state index contributed by atoms with van der Waals surface area (Å²) in [5, 5.41) is 70.2. The van der Waals surface area contributed by atoms with Gasteiger partial charge in [-0.2, -0.15) is 0 Å². The maximum atomic E-state index is 10.9. The first-order chi connectivity index (χ1) is 15.7. The molecule has 0 radical (unpaired) electrons. The lowest BCUT2D eigenvalue weighted by molar-refractivity contribution is -0.383. The van der Waals surface area contributed by atoms with E-state index in [9.17, 15) is 40.5 Å². The molecular weight excluding hydrogens is 448 g/mol. The summed E-state index contributed by atoms with van der Waals surface area (Å²) >= 11 is 0. The van der Waals surface area contributed by atoms with Crippen LogP contribution in [0.2, 0.25) is 0 Å². The van der Waals surface area contributed by atoms with Crippen molar-refractivity contribution in [2.24, 2.45) is 0 Å². The molecule has 2 aliphatic rings. The summed E-state index contributed by atoms with van der Waals surface area (Å²) in [4.78, 5) is 10.9. The van der Waals surface area contributed by atoms with Crippen LogP contribution in [0.4, 0.5) is 0 Å². The highest BCUT2D eigenvalue weighted by Gasteiger charge is 2.58. The van der Waals surface area contributed by atoms with Crippen molar-refractivity contribution in [1.82, 2.24) is 0 Å². The molecule has 1 aromatic rings. The number of carbonyl (C=O) groups excluding carboxylic acids is 1. The van der Waals surface area contributed by atoms with E-state index >= 15 is 0 Å². The van der Waals surface area contributed by atoms with Crippen molar-refractivity contribution in [1.29, 1.82) is 0 Å². The van der Waals surface area contributed by atoms with E-state index < -0.39 is 68.0 Å². The van der Waals surface area contributed by atoms with Crippen LogP contribution >= 0.6 is 0 Å². The van der Waals surface area contributed by atoms with Crippen molar-refractivity contribution in [3.63, 3.8) is 0 Å². The molecule has 0 aliphatic carbocycles. The van der Waals surface area contributed by atoms with Crippen molar-refractivity contribution in [3.05, 3.63) is 23.8 Å². The minimum absolute atomic E-state index is 0.201. The lowest BCUT2D eigenvalue weighted by atomic mass is 9.99. The first kappa shape index (κ1) is 25.7. The van der Waals surface area contributed by atoms with Gasteiger partial charge in [-0.15, -0.1) is 0 Å². The summed E-state index contributed by atoms with van der Waals surface area (Å²) in [6, 6.07) is 4.36. The van der Waals surface area contributed by atoms with Gasteiger partial charge in [-0.3, -0.25) is 4.79 Å². The van der Waals surface area contributed by atoms with E-state index in [0.717, 1.165) is 0 Å². The Morgan fingerprint density at radius 1 is 1.00 bits per heavy atom. The number of aldehydes is 1. The van der Waals surface area contributed by atoms with Gasteiger partial charge in [-0.1, -0.05) is 0 Å². The van der Waals surface area contributed by atoms with Gasteiger partial charge in [0.1, 0.15) is 62.2 Å². The molecule has 2 aliphatic heterocycles. The van der Waals surface area contributed by atoms with Crippen molar-refractivity contribution in [3.8, 4) is 11.5 Å². The largest absolute Gasteiger partial charge is 0.493 e. The third kappa shape index (κ3) is 4.97. The molecule has 13 heteroatoms. The molecule has 33 heavy (non-hydrogen) atoms. The molecule has 9 atom stereocenters. The van der Waals surface area contributed by atoms with Gasteiger partial charge in [0.05, 0.1) is 13.7 Å². The van der Waals surface area contributed by atoms with Gasteiger partial charge in [0.15, 0.2) is 17.8 Å². The Balaban J connectivity index is 1.74. The number of benzene rings is 1. The first-order valence-electron chi connectivity index (χ1n) is 10.1. The lowest BCUT2D eigenvalue weighted by Crippen LogP contribution is -2.63. The number of ether oxygens (including phenoxy) is 5. The highest BCUT2D eigenvalue weighted by molar-refractivity contribution is 5.76. The van der Waals surface area contributed by atoms with Gasteiger partial charge in [-0.05, 0) is 18.2 Å². The summed E-state index contributed by atoms with van der Waals surface area (Å²) < 4.78 is 27.0. The summed E-state index contributed by atoms with van der Waals surface area (Å²) in [6.07, 6.45) is -12.3. The Kier molecular flexibility index (Phi) is 8.23. The molecule has 3 rings (SSSR count). The SMILES string of the molecule is COc1cc(C=O)ccc1OC[C@H]1O[C@H](O[C@]2(CO)O[C@H](CO)[C@@H](O)[C@@H]2O)[C@H](O)[C@@H](O)[C@@H]1O. The molecule has 2 saturated heterocycles. The lowest BCUT2D eigenvalue weighted by Gasteiger charge is -2.43. The fourth-order valence-corrected chi connectivity index (χ4v) is 3.67. The van der Waals surface area contributed by atoms with Crippen LogP contribution in [-0.4, -0.2) is 124 Å². The summed E-state index contributed by atoms with van der Waals surface area (Å²) in [5.74, 6) is -1.85. The molecule has 0 amide bonds. The van der Waals surface area contributed by atoms with Crippen molar-refractivity contribution in [2.45, 2.75) is 54.8 Å². The third-order valence-corrected chi connectivity index (χ3v) is 5.62. The average molecular weight is 476 g/mol. The normalized spacial score (nSPS) is 38.8. The minimum Gasteiger partial charge on any atom is -0.493 e. The molecule has 1 aromatic carbocycles. The van der Waals surface area contributed by atoms with Gasteiger partial charge in [-0.25, -0.2) is 0 Å². The summed E-state index contributed by atoms with van der Waals surface area (Å²) in [5.41, 5.74) is 0.341. The summed E-state index contributed by atoms with van der Waals surface area (Å²) in [7, 11) is 1.36. The number of carbonyl (C=O) groups is 1. The molecule has 0 unspecified atom stereocenters. The van der Waals surface area contributed by atoms with E-state index in [1.54, 1.807) is 0 Å². The Bertz CT molecular complexity index is 806. The van der Waals surface area contributed by atoms with Crippen LogP contribution in [0, 0.1) is 0 Å². The van der Waals surface area contributed by atoms with Crippen molar-refractivity contribution >= 4 is 6.29 Å². The molecule has 0 saturated carbocycles. The minimum atomic E-state index is -2.28. The van der Waals surface area contributed by atoms with E-state index in [1.807, 2.05) is 0 Å². The van der Waals surface area contributed by atoms with Gasteiger partial charge < -0.3 is 59.4 Å². The first-order valence-corrected chi connectivity index (χ1v) is 10.1. The monoisotopic (exact) mass is 476 g/mol. The average Bonchev–Trinajstić information content (AvgIpc) is 3.08. The number of rotatable bonds is 9. The quantitative estimate of drug-likeness (QED) is 0.173. The Hall–Kier alpha value is -1.91. The number of aliphatic hydroxyl groups is 7. The van der Waals surface area contributed by atoms with Crippen LogP contribution in [0.25, 0.3) is 0 Å². The number of hydrogen-bond acceptors (Lipinski definition) is 13. The van der Waals surface area contributed by atoms with Gasteiger partial charge in [0.2, 0.25) is 5.79 Å². The second-order valence-corrected chi connectivity index (χ2v) is 7.72. The third-order valence-electron chi connectivity index (χ3n) is 5.62. The van der Waals surface area contributed by atoms with Crippen LogP contribution < -0.4 is 9.47 Å². The van der Waals surface area contributed by atoms with E-state index in [-0.39, 0.29) is 18.1 Å². The molecule has 7 N–H and O–H groups in total. The molecule has 13 nitrogen and oxygen atoms in total. The zero-order chi connectivity index (χ0) is 24.3. The van der Waals surface area contributed by atoms with Crippen LogP contribution in [0.5, 0.6) is 11.5 Å². The fraction of sp³-hybridized carbons (Fsp3) is 0.650. The maximum Gasteiger partial charge on any atom is 0.224 e. The van der Waals surface area contributed by atoms with Crippen LogP contribution in [0.15, 0.2) is 18.2 Å². The highest BCUT2D eigenvalue weighted by Crippen LogP contribution is 2.36. The molecule has 186 valence electrons. The molecule has 2 fully saturated rings. The molecule has 0 bridgehead atoms. The Morgan fingerprint density at radius 3 is 2.30 bits per heavy atom. The van der Waals surface area contributed by atoms with Crippen molar-refractivity contribution < 1.29 is 64.2 Å². The van der Waals surface area contributed by atoms with Crippen LogP contribution in [-0.2, 0) is 14.2 Å². The van der Waals surface area contributed by atoms with Crippen LogP contribution in [0.1, 0.15) is 10.4 Å². The van der Waals surface area contributed by atoms with E-state index in [0.29, 0.717) is 11.8 Å². The molecule has 0 aromatic heterocycles. The topological polar surface area (TPSA) is 205 Å². The van der Waals surface area contributed by atoms with Gasteiger partial charge in [0.25, 0.3) is 0 Å². The molecular formula is C20H28O13. The number of aliphatic hydroxyl groups excluding tert-OH is 7. The Labute approximate surface area is 188 Å². The highest BCUT2D eigenvalue weighted by atomic mass is 16.8. The van der Waals surface area contributed by atoms with Crippen molar-refractivity contribution in [2.75, 3.05) is 26.9 Å². The predicted molar refractivity (Wildman–Crippen MR) is 105 cm³/mol. The van der Waals surface area contributed by atoms with E-state index in [1.165, 1.54) is 25.3 Å². The Morgan fingerprint density at radius 2 is 1.73 bits per heavy atom. The maximum absolute atomic E-state index is 10.9. The van der Waals surface area contributed by atoms with Crippen LogP contribution in [0.3, 0.4) is 0 Å². The van der Waals surface area contributed by atoms with Gasteiger partial charge in [0, 0.05) is 5.56 Å². The fourth-order valence-electron chi connectivity index (χ4n) is 3.67. The number of methoxy groups -OCH3 is 1. The zero-order valence-electron chi connectivity index (χ0n) is 17.6. The smallest absolute Gasteiger partial charge is 0.224 e. The van der Waals surface area contributed by atoms with Gasteiger partial charge >= 0.3 is 0 Å². The standard InChI is InChI=1S/C20H28O13/c1-29-11-4-9(5-21)2-3-10(11)30-7-13-14(24)16(26)17(27)19(31-13)33-20(8-23)18(28)15(25)12(6-22)32-20/h2-5,12-19,22-28H,6-8H2,1H3/t12-,13-,14-,15-,16+,17-,18+,19-,20+/m1/s1. The van der Waals surface area contributed by atoms with E-state index in [2.05, 4.69) is 0 Å². The summed E-state index contributed by atoms with van der Waals surface area (Å²) in [6.45, 7) is -2.05. The second kappa shape index (κ2) is 10.6. The van der Waals surface area contributed by atoms with E-state index in [4.69, 9.17) is 23.7 Å².